The van der Waals surface area contributed by atoms with Crippen molar-refractivity contribution >= 4 is 46.1 Å². The molecule has 0 unspecified atom stereocenters. The number of carbonyl (C=O) groups excluding carboxylic acids is 1. The first kappa shape index (κ1) is 21.6. The van der Waals surface area contributed by atoms with Crippen LogP contribution in [0.15, 0.2) is 47.5 Å². The first-order chi connectivity index (χ1) is 16.0. The molecule has 1 spiro atoms. The number of aliphatic imine (C=N–C) groups is 1. The minimum absolute atomic E-state index is 0.0441. The van der Waals surface area contributed by atoms with Crippen LogP contribution in [0.2, 0.25) is 0 Å². The molecule has 0 bridgehead atoms. The van der Waals surface area contributed by atoms with Crippen LogP contribution >= 0.6 is 12.2 Å². The summed E-state index contributed by atoms with van der Waals surface area (Å²) in [5, 5.41) is 3.85. The van der Waals surface area contributed by atoms with Gasteiger partial charge in [-0.05, 0) is 86.6 Å². The van der Waals surface area contributed by atoms with Gasteiger partial charge >= 0.3 is 0 Å². The quantitative estimate of drug-likeness (QED) is 0.494. The monoisotopic (exact) mass is 457 g/mol. The summed E-state index contributed by atoms with van der Waals surface area (Å²) in [6, 6.07) is 14.0. The number of rotatable bonds is 6. The number of anilines is 2. The normalized spacial score (nSPS) is 18.8. The summed E-state index contributed by atoms with van der Waals surface area (Å²) in [5.41, 5.74) is 3.84. The third kappa shape index (κ3) is 3.68. The van der Waals surface area contributed by atoms with E-state index < -0.39 is 5.54 Å². The number of benzene rings is 2. The number of hydrogen-bond acceptors (Lipinski definition) is 4. The molecule has 33 heavy (non-hydrogen) atoms. The Morgan fingerprint density at radius 2 is 1.91 bits per heavy atom. The molecule has 6 nitrogen and oxygen atoms in total. The average molecular weight is 458 g/mol. The Hall–Kier alpha value is -3.24. The summed E-state index contributed by atoms with van der Waals surface area (Å²) in [5.74, 6) is 1.17. The minimum Gasteiger partial charge on any atom is -0.372 e. The lowest BCUT2D eigenvalue weighted by Crippen LogP contribution is -2.55. The van der Waals surface area contributed by atoms with Gasteiger partial charge in [0.25, 0.3) is 5.91 Å². The second-order valence-electron chi connectivity index (χ2n) is 9.00. The molecule has 168 valence electrons. The van der Waals surface area contributed by atoms with Crippen molar-refractivity contribution in [1.29, 1.82) is 0 Å². The third-order valence-electron chi connectivity index (χ3n) is 6.97. The van der Waals surface area contributed by atoms with Gasteiger partial charge in [0.05, 0.1) is 19.0 Å². The van der Waals surface area contributed by atoms with Crippen LogP contribution in [0.4, 0.5) is 17.1 Å². The zero-order valence-corrected chi connectivity index (χ0v) is 19.6. The fourth-order valence-electron chi connectivity index (χ4n) is 5.00. The van der Waals surface area contributed by atoms with E-state index in [-0.39, 0.29) is 5.91 Å². The molecule has 1 saturated heterocycles. The van der Waals surface area contributed by atoms with Gasteiger partial charge in [-0.3, -0.25) is 14.7 Å². The van der Waals surface area contributed by atoms with Crippen LogP contribution in [0.5, 0.6) is 0 Å². The number of thiocarbonyl (C=S) groups is 1. The fraction of sp³-hybridized carbons (Fsp3) is 0.385. The van der Waals surface area contributed by atoms with Gasteiger partial charge in [0.1, 0.15) is 5.54 Å². The van der Waals surface area contributed by atoms with Gasteiger partial charge in [0.15, 0.2) is 10.8 Å². The molecule has 0 radical (unpaired) electrons. The van der Waals surface area contributed by atoms with Crippen molar-refractivity contribution in [3.8, 4) is 0 Å². The zero-order valence-electron chi connectivity index (χ0n) is 18.8. The predicted molar refractivity (Wildman–Crippen MR) is 136 cm³/mol. The zero-order chi connectivity index (χ0) is 23.0. The van der Waals surface area contributed by atoms with Crippen molar-refractivity contribution in [3.05, 3.63) is 65.0 Å². The Kier molecular flexibility index (Phi) is 5.63. The molecule has 0 aromatic heterocycles. The van der Waals surface area contributed by atoms with Crippen LogP contribution < -0.4 is 15.1 Å². The van der Waals surface area contributed by atoms with Crippen LogP contribution in [0, 0.1) is 13.5 Å². The molecule has 2 aromatic rings. The second-order valence-corrected chi connectivity index (χ2v) is 9.37. The first-order valence-electron chi connectivity index (χ1n) is 11.6. The highest BCUT2D eigenvalue weighted by Crippen LogP contribution is 2.48. The maximum Gasteiger partial charge on any atom is 0.259 e. The van der Waals surface area contributed by atoms with Crippen molar-refractivity contribution in [3.63, 3.8) is 0 Å². The molecule has 1 N–H and O–H groups in total. The maximum atomic E-state index is 13.6. The molecular formula is C26H27N5OS. The van der Waals surface area contributed by atoms with Gasteiger partial charge in [-0.25, -0.2) is 4.85 Å². The van der Waals surface area contributed by atoms with E-state index in [0.717, 1.165) is 74.4 Å². The fourth-order valence-corrected chi connectivity index (χ4v) is 5.47. The van der Waals surface area contributed by atoms with Crippen molar-refractivity contribution < 1.29 is 4.79 Å². The summed E-state index contributed by atoms with van der Waals surface area (Å²) in [7, 11) is 0. The van der Waals surface area contributed by atoms with E-state index in [4.69, 9.17) is 18.8 Å². The lowest BCUT2D eigenvalue weighted by Gasteiger charge is -2.43. The highest BCUT2D eigenvalue weighted by Gasteiger charge is 2.59. The number of amides is 1. The van der Waals surface area contributed by atoms with Gasteiger partial charge in [0.2, 0.25) is 0 Å². The van der Waals surface area contributed by atoms with Gasteiger partial charge in [-0.1, -0.05) is 18.2 Å². The van der Waals surface area contributed by atoms with Gasteiger partial charge < -0.3 is 10.2 Å². The van der Waals surface area contributed by atoms with Crippen LogP contribution in [-0.4, -0.2) is 35.5 Å². The lowest BCUT2D eigenvalue weighted by molar-refractivity contribution is -0.123. The molecule has 1 aliphatic carbocycles. The highest BCUT2D eigenvalue weighted by atomic mass is 32.1. The number of nitrogens with one attached hydrogen (secondary N) is 1. The summed E-state index contributed by atoms with van der Waals surface area (Å²) in [6.07, 6.45) is 5.66. The Balaban J connectivity index is 1.37. The summed E-state index contributed by atoms with van der Waals surface area (Å²) < 4.78 is 0. The van der Waals surface area contributed by atoms with E-state index in [1.54, 1.807) is 11.0 Å². The molecular weight excluding hydrogens is 430 g/mol. The van der Waals surface area contributed by atoms with Crippen LogP contribution in [0.3, 0.4) is 0 Å². The van der Waals surface area contributed by atoms with Gasteiger partial charge in [0, 0.05) is 24.3 Å². The molecule has 1 amide bonds. The standard InChI is InChI=1S/C26H27N5OS/c1-18-17-21(11-12-22(18)27-2)30-24(32)26(13-4-14-26)31(25(30)33)20-9-7-19(8-10-20)5-3-6-23-28-15-16-29-23/h7-12,17H,3-6,13-16H2,1H3,(H,28,29). The number of aryl methyl sites for hydroxylation is 2. The predicted octanol–water partition coefficient (Wildman–Crippen LogP) is 4.93. The molecule has 0 atom stereocenters. The van der Waals surface area contributed by atoms with E-state index >= 15 is 0 Å². The lowest BCUT2D eigenvalue weighted by atomic mass is 9.75. The Labute approximate surface area is 200 Å². The van der Waals surface area contributed by atoms with Gasteiger partial charge in [-0.2, -0.15) is 0 Å². The maximum absolute atomic E-state index is 13.6. The number of nitrogens with zero attached hydrogens (tertiary/aromatic N) is 4. The van der Waals surface area contributed by atoms with E-state index in [2.05, 4.69) is 44.3 Å². The van der Waals surface area contributed by atoms with Gasteiger partial charge in [-0.15, -0.1) is 0 Å². The number of amidine groups is 1. The van der Waals surface area contributed by atoms with Crippen LogP contribution in [0.1, 0.15) is 43.2 Å². The summed E-state index contributed by atoms with van der Waals surface area (Å²) >= 11 is 5.87. The minimum atomic E-state index is -0.586. The van der Waals surface area contributed by atoms with Crippen molar-refractivity contribution in [1.82, 2.24) is 5.32 Å². The first-order valence-corrected chi connectivity index (χ1v) is 12.0. The largest absolute Gasteiger partial charge is 0.372 e. The second kappa shape index (κ2) is 8.60. The van der Waals surface area contributed by atoms with Crippen LogP contribution in [-0.2, 0) is 11.2 Å². The molecule has 3 aliphatic rings. The Morgan fingerprint density at radius 3 is 2.52 bits per heavy atom. The summed E-state index contributed by atoms with van der Waals surface area (Å²) in [6.45, 7) is 11.0. The van der Waals surface area contributed by atoms with Crippen molar-refractivity contribution in [2.45, 2.75) is 51.0 Å². The van der Waals surface area contributed by atoms with Crippen molar-refractivity contribution in [2.24, 2.45) is 4.99 Å². The molecule has 7 heteroatoms. The number of carbonyl (C=O) groups is 1. The molecule has 5 rings (SSSR count). The Bertz CT molecular complexity index is 1180. The average Bonchev–Trinajstić information content (AvgIpc) is 3.38. The highest BCUT2D eigenvalue weighted by molar-refractivity contribution is 7.81. The van der Waals surface area contributed by atoms with E-state index in [0.29, 0.717) is 10.8 Å². The number of hydrogen-bond donors (Lipinski definition) is 1. The SMILES string of the molecule is [C-]#[N+]c1ccc(N2C(=O)C3(CCC3)N(c3ccc(CCCC4=NCCN4)cc3)C2=S)cc1C. The Morgan fingerprint density at radius 1 is 1.15 bits per heavy atom. The summed E-state index contributed by atoms with van der Waals surface area (Å²) in [4.78, 5) is 25.4. The topological polar surface area (TPSA) is 52.3 Å². The third-order valence-corrected chi connectivity index (χ3v) is 7.33. The van der Waals surface area contributed by atoms with E-state index in [1.807, 2.05) is 19.1 Å². The molecule has 1 saturated carbocycles. The smallest absolute Gasteiger partial charge is 0.259 e. The molecule has 2 aromatic carbocycles. The molecule has 2 heterocycles. The van der Waals surface area contributed by atoms with E-state index in [9.17, 15) is 4.79 Å². The van der Waals surface area contributed by atoms with Crippen molar-refractivity contribution in [2.75, 3.05) is 22.9 Å². The van der Waals surface area contributed by atoms with E-state index in [1.165, 1.54) is 5.56 Å². The molecule has 2 aliphatic heterocycles. The van der Waals surface area contributed by atoms with Crippen LogP contribution in [0.25, 0.3) is 4.85 Å². The molecule has 2 fully saturated rings.